The molecule has 0 heterocycles. The van der Waals surface area contributed by atoms with Gasteiger partial charge in [-0.05, 0) is 37.8 Å². The molecule has 20 heavy (non-hydrogen) atoms. The summed E-state index contributed by atoms with van der Waals surface area (Å²) >= 11 is 0. The Morgan fingerprint density at radius 3 is 2.65 bits per heavy atom. The van der Waals surface area contributed by atoms with Crippen molar-refractivity contribution in [1.29, 1.82) is 0 Å². The van der Waals surface area contributed by atoms with Crippen molar-refractivity contribution >= 4 is 0 Å². The van der Waals surface area contributed by atoms with Gasteiger partial charge in [-0.25, -0.2) is 4.39 Å². The van der Waals surface area contributed by atoms with Gasteiger partial charge in [-0.15, -0.1) is 0 Å². The summed E-state index contributed by atoms with van der Waals surface area (Å²) in [6, 6.07) is 6.88. The SMILES string of the molecule is CCCNC(COCCCC(C)C)c1ccccc1F. The minimum absolute atomic E-state index is 0.0600. The summed E-state index contributed by atoms with van der Waals surface area (Å²) in [4.78, 5) is 0. The Morgan fingerprint density at radius 1 is 1.25 bits per heavy atom. The largest absolute Gasteiger partial charge is 0.379 e. The van der Waals surface area contributed by atoms with Crippen molar-refractivity contribution < 1.29 is 9.13 Å². The first-order chi connectivity index (χ1) is 9.65. The first kappa shape index (κ1) is 17.1. The molecule has 1 unspecified atom stereocenters. The molecule has 0 aliphatic rings. The van der Waals surface area contributed by atoms with Crippen molar-refractivity contribution in [3.8, 4) is 0 Å². The summed E-state index contributed by atoms with van der Waals surface area (Å²) in [7, 11) is 0. The molecule has 0 aliphatic heterocycles. The molecule has 2 nitrogen and oxygen atoms in total. The van der Waals surface area contributed by atoms with E-state index in [1.165, 1.54) is 12.5 Å². The fraction of sp³-hybridized carbons (Fsp3) is 0.647. The molecule has 0 radical (unpaired) electrons. The van der Waals surface area contributed by atoms with E-state index in [-0.39, 0.29) is 11.9 Å². The highest BCUT2D eigenvalue weighted by Gasteiger charge is 2.14. The van der Waals surface area contributed by atoms with Crippen LogP contribution in [0, 0.1) is 11.7 Å². The second kappa shape index (κ2) is 9.89. The summed E-state index contributed by atoms with van der Waals surface area (Å²) in [6.45, 7) is 8.68. The van der Waals surface area contributed by atoms with Crippen molar-refractivity contribution in [3.63, 3.8) is 0 Å². The predicted octanol–water partition coefficient (Wildman–Crippen LogP) is 4.32. The second-order valence-electron chi connectivity index (χ2n) is 5.64. The third kappa shape index (κ3) is 6.49. The van der Waals surface area contributed by atoms with Crippen LogP contribution in [0.2, 0.25) is 0 Å². The maximum Gasteiger partial charge on any atom is 0.128 e. The second-order valence-corrected chi connectivity index (χ2v) is 5.64. The van der Waals surface area contributed by atoms with Gasteiger partial charge in [-0.2, -0.15) is 0 Å². The summed E-state index contributed by atoms with van der Waals surface area (Å²) in [5.74, 6) is 0.547. The van der Waals surface area contributed by atoms with E-state index in [0.29, 0.717) is 18.1 Å². The van der Waals surface area contributed by atoms with Crippen molar-refractivity contribution in [3.05, 3.63) is 35.6 Å². The van der Waals surface area contributed by atoms with Gasteiger partial charge in [0.05, 0.1) is 12.6 Å². The summed E-state index contributed by atoms with van der Waals surface area (Å²) in [6.07, 6.45) is 3.26. The molecule has 3 heteroatoms. The molecule has 114 valence electrons. The molecule has 0 bridgehead atoms. The van der Waals surface area contributed by atoms with Crippen LogP contribution in [-0.4, -0.2) is 19.8 Å². The maximum absolute atomic E-state index is 13.9. The quantitative estimate of drug-likeness (QED) is 0.645. The Labute approximate surface area is 122 Å². The lowest BCUT2D eigenvalue weighted by atomic mass is 10.1. The van der Waals surface area contributed by atoms with Gasteiger partial charge >= 0.3 is 0 Å². The first-order valence-electron chi connectivity index (χ1n) is 7.70. The van der Waals surface area contributed by atoms with Crippen LogP contribution >= 0.6 is 0 Å². The lowest BCUT2D eigenvalue weighted by Crippen LogP contribution is -2.27. The van der Waals surface area contributed by atoms with Gasteiger partial charge in [0.25, 0.3) is 0 Å². The molecule has 1 aromatic carbocycles. The van der Waals surface area contributed by atoms with Crippen LogP contribution in [0.1, 0.15) is 51.6 Å². The monoisotopic (exact) mass is 281 g/mol. The minimum atomic E-state index is -0.160. The minimum Gasteiger partial charge on any atom is -0.379 e. The van der Waals surface area contributed by atoms with Crippen LogP contribution < -0.4 is 5.32 Å². The topological polar surface area (TPSA) is 21.3 Å². The van der Waals surface area contributed by atoms with Gasteiger partial charge in [0.1, 0.15) is 5.82 Å². The molecule has 1 aromatic rings. The molecule has 0 aliphatic carbocycles. The number of rotatable bonds is 10. The van der Waals surface area contributed by atoms with Gasteiger partial charge in [0, 0.05) is 12.2 Å². The van der Waals surface area contributed by atoms with Crippen molar-refractivity contribution in [2.75, 3.05) is 19.8 Å². The van der Waals surface area contributed by atoms with Crippen molar-refractivity contribution in [1.82, 2.24) is 5.32 Å². The molecular weight excluding hydrogens is 253 g/mol. The molecule has 0 saturated heterocycles. The van der Waals surface area contributed by atoms with Crippen LogP contribution in [-0.2, 0) is 4.74 Å². The molecule has 0 fully saturated rings. The van der Waals surface area contributed by atoms with Crippen LogP contribution in [0.15, 0.2) is 24.3 Å². The Morgan fingerprint density at radius 2 is 2.00 bits per heavy atom. The molecule has 1 N–H and O–H groups in total. The highest BCUT2D eigenvalue weighted by Crippen LogP contribution is 2.17. The summed E-state index contributed by atoms with van der Waals surface area (Å²) in [5.41, 5.74) is 0.699. The zero-order chi connectivity index (χ0) is 14.8. The van der Waals surface area contributed by atoms with E-state index < -0.39 is 0 Å². The molecule has 0 spiro atoms. The lowest BCUT2D eigenvalue weighted by Gasteiger charge is -2.20. The average Bonchev–Trinajstić information content (AvgIpc) is 2.42. The van der Waals surface area contributed by atoms with Crippen LogP contribution in [0.5, 0.6) is 0 Å². The lowest BCUT2D eigenvalue weighted by molar-refractivity contribution is 0.105. The maximum atomic E-state index is 13.9. The van der Waals surface area contributed by atoms with Gasteiger partial charge in [0.15, 0.2) is 0 Å². The highest BCUT2D eigenvalue weighted by atomic mass is 19.1. The zero-order valence-electron chi connectivity index (χ0n) is 13.0. The van der Waals surface area contributed by atoms with Crippen LogP contribution in [0.25, 0.3) is 0 Å². The van der Waals surface area contributed by atoms with Gasteiger partial charge in [0.2, 0.25) is 0 Å². The predicted molar refractivity (Wildman–Crippen MR) is 82.3 cm³/mol. The van der Waals surface area contributed by atoms with Crippen molar-refractivity contribution in [2.45, 2.75) is 46.1 Å². The third-order valence-corrected chi connectivity index (χ3v) is 3.28. The zero-order valence-corrected chi connectivity index (χ0v) is 13.0. The molecule has 1 rings (SSSR count). The van der Waals surface area contributed by atoms with Crippen LogP contribution in [0.4, 0.5) is 4.39 Å². The standard InChI is InChI=1S/C17H28FNO/c1-4-11-19-17(13-20-12-7-8-14(2)3)15-9-5-6-10-16(15)18/h5-6,9-10,14,17,19H,4,7-8,11-13H2,1-3H3. The number of nitrogens with one attached hydrogen (secondary N) is 1. The van der Waals surface area contributed by atoms with E-state index in [9.17, 15) is 4.39 Å². The molecular formula is C17H28FNO. The van der Waals surface area contributed by atoms with E-state index in [1.54, 1.807) is 6.07 Å². The van der Waals surface area contributed by atoms with E-state index in [0.717, 1.165) is 26.0 Å². The fourth-order valence-corrected chi connectivity index (χ4v) is 2.13. The summed E-state index contributed by atoms with van der Waals surface area (Å²) in [5, 5.41) is 3.36. The Balaban J connectivity index is 2.46. The smallest absolute Gasteiger partial charge is 0.128 e. The number of hydrogen-bond acceptors (Lipinski definition) is 2. The molecule has 0 saturated carbocycles. The van der Waals surface area contributed by atoms with Crippen LogP contribution in [0.3, 0.4) is 0 Å². The third-order valence-electron chi connectivity index (χ3n) is 3.28. The number of halogens is 1. The number of ether oxygens (including phenoxy) is 1. The van der Waals surface area contributed by atoms with Crippen molar-refractivity contribution in [2.24, 2.45) is 5.92 Å². The van der Waals surface area contributed by atoms with E-state index in [1.807, 2.05) is 12.1 Å². The fourth-order valence-electron chi connectivity index (χ4n) is 2.13. The number of benzene rings is 1. The van der Waals surface area contributed by atoms with E-state index >= 15 is 0 Å². The Hall–Kier alpha value is -0.930. The van der Waals surface area contributed by atoms with Gasteiger partial charge in [-0.1, -0.05) is 39.0 Å². The Kier molecular flexibility index (Phi) is 8.47. The average molecular weight is 281 g/mol. The molecule has 0 aromatic heterocycles. The van der Waals surface area contributed by atoms with Gasteiger partial charge < -0.3 is 10.1 Å². The Bertz CT molecular complexity index is 368. The van der Waals surface area contributed by atoms with E-state index in [2.05, 4.69) is 26.1 Å². The summed E-state index contributed by atoms with van der Waals surface area (Å²) < 4.78 is 19.6. The highest BCUT2D eigenvalue weighted by molar-refractivity contribution is 5.21. The first-order valence-corrected chi connectivity index (χ1v) is 7.70. The number of hydrogen-bond donors (Lipinski definition) is 1. The van der Waals surface area contributed by atoms with Gasteiger partial charge in [-0.3, -0.25) is 0 Å². The normalized spacial score (nSPS) is 12.8. The molecule has 0 amide bonds. The van der Waals surface area contributed by atoms with E-state index in [4.69, 9.17) is 4.74 Å². The molecule has 1 atom stereocenters.